The van der Waals surface area contributed by atoms with Gasteiger partial charge < -0.3 is 15.4 Å². The molecule has 0 aliphatic carbocycles. The molecule has 22 heavy (non-hydrogen) atoms. The molecule has 2 N–H and O–H groups in total. The number of rotatable bonds is 2. The summed E-state index contributed by atoms with van der Waals surface area (Å²) >= 11 is 0. The van der Waals surface area contributed by atoms with E-state index in [0.717, 1.165) is 61.6 Å². The predicted octanol–water partition coefficient (Wildman–Crippen LogP) is 0.995. The molecule has 0 amide bonds. The van der Waals surface area contributed by atoms with Crippen LogP contribution >= 0.6 is 0 Å². The van der Waals surface area contributed by atoms with E-state index in [0.29, 0.717) is 6.04 Å². The van der Waals surface area contributed by atoms with Crippen molar-refractivity contribution in [1.29, 1.82) is 0 Å². The van der Waals surface area contributed by atoms with Crippen molar-refractivity contribution in [1.82, 2.24) is 25.1 Å². The van der Waals surface area contributed by atoms with E-state index in [-0.39, 0.29) is 5.60 Å². The van der Waals surface area contributed by atoms with Crippen LogP contribution in [0.1, 0.15) is 25.1 Å². The van der Waals surface area contributed by atoms with E-state index in [4.69, 9.17) is 4.74 Å². The molecule has 2 fully saturated rings. The van der Waals surface area contributed by atoms with Crippen LogP contribution < -0.4 is 10.6 Å². The maximum absolute atomic E-state index is 6.15. The Hall–Kier alpha value is -1.73. The summed E-state index contributed by atoms with van der Waals surface area (Å²) in [6.45, 7) is 4.75. The molecular weight excluding hydrogens is 280 g/mol. The minimum absolute atomic E-state index is 0.0546. The van der Waals surface area contributed by atoms with Gasteiger partial charge in [0.25, 0.3) is 0 Å². The van der Waals surface area contributed by atoms with Crippen molar-refractivity contribution in [3.05, 3.63) is 12.0 Å². The lowest BCUT2D eigenvalue weighted by atomic mass is 9.88. The first-order chi connectivity index (χ1) is 10.7. The minimum atomic E-state index is 0.0546. The maximum Gasteiger partial charge on any atom is 0.163 e. The first-order valence-corrected chi connectivity index (χ1v) is 7.93. The van der Waals surface area contributed by atoms with E-state index in [9.17, 15) is 0 Å². The highest BCUT2D eigenvalue weighted by Gasteiger charge is 2.41. The van der Waals surface area contributed by atoms with Gasteiger partial charge in [0.2, 0.25) is 0 Å². The van der Waals surface area contributed by atoms with E-state index in [1.807, 2.05) is 20.2 Å². The Balaban J connectivity index is 1.57. The van der Waals surface area contributed by atoms with Gasteiger partial charge >= 0.3 is 0 Å². The average Bonchev–Trinajstić information content (AvgIpc) is 3.05. The maximum atomic E-state index is 6.15. The fraction of sp³-hybridized carbons (Fsp3) is 0.667. The van der Waals surface area contributed by atoms with E-state index in [1.54, 1.807) is 4.68 Å². The van der Waals surface area contributed by atoms with Crippen LogP contribution in [0.15, 0.2) is 6.20 Å². The number of piperidine rings is 1. The first-order valence-electron chi connectivity index (χ1n) is 7.93. The number of ether oxygens (including phenoxy) is 1. The van der Waals surface area contributed by atoms with Gasteiger partial charge in [-0.1, -0.05) is 0 Å². The van der Waals surface area contributed by atoms with Crippen LogP contribution in [-0.2, 0) is 11.8 Å². The van der Waals surface area contributed by atoms with Crippen LogP contribution in [0, 0.1) is 6.92 Å². The van der Waals surface area contributed by atoms with Crippen LogP contribution in [0.5, 0.6) is 0 Å². The fourth-order valence-corrected chi connectivity index (χ4v) is 3.60. The molecule has 4 heterocycles. The molecule has 2 aliphatic heterocycles. The number of hydrogen-bond acceptors (Lipinski definition) is 6. The van der Waals surface area contributed by atoms with Crippen molar-refractivity contribution in [2.75, 3.05) is 25.0 Å². The summed E-state index contributed by atoms with van der Waals surface area (Å²) in [7, 11) is 1.90. The number of fused-ring (bicyclic) bond motifs is 1. The second kappa shape index (κ2) is 5.17. The van der Waals surface area contributed by atoms with Gasteiger partial charge in [-0.15, -0.1) is 0 Å². The second-order valence-electron chi connectivity index (χ2n) is 6.41. The molecule has 0 unspecified atom stereocenters. The highest BCUT2D eigenvalue weighted by Crippen LogP contribution is 2.35. The quantitative estimate of drug-likeness (QED) is 0.862. The van der Waals surface area contributed by atoms with E-state index < -0.39 is 0 Å². The van der Waals surface area contributed by atoms with E-state index >= 15 is 0 Å². The molecule has 4 rings (SSSR count). The molecule has 2 saturated heterocycles. The van der Waals surface area contributed by atoms with Crippen molar-refractivity contribution in [2.24, 2.45) is 7.05 Å². The largest absolute Gasteiger partial charge is 0.373 e. The molecule has 7 heteroatoms. The zero-order valence-electron chi connectivity index (χ0n) is 13.1. The second-order valence-corrected chi connectivity index (χ2v) is 6.41. The van der Waals surface area contributed by atoms with Crippen LogP contribution in [0.2, 0.25) is 0 Å². The smallest absolute Gasteiger partial charge is 0.163 e. The van der Waals surface area contributed by atoms with Gasteiger partial charge in [0, 0.05) is 7.05 Å². The zero-order valence-corrected chi connectivity index (χ0v) is 13.1. The number of aryl methyl sites for hydroxylation is 2. The highest BCUT2D eigenvalue weighted by atomic mass is 16.5. The van der Waals surface area contributed by atoms with Gasteiger partial charge in [-0.3, -0.25) is 4.68 Å². The summed E-state index contributed by atoms with van der Waals surface area (Å²) in [6.07, 6.45) is 5.05. The van der Waals surface area contributed by atoms with Gasteiger partial charge in [-0.25, -0.2) is 9.97 Å². The topological polar surface area (TPSA) is 76.9 Å². The SMILES string of the molecule is Cc1nc(N[C@H]2COC3(CCNCC3)C2)c2cnn(C)c2n1. The Morgan fingerprint density at radius 1 is 1.36 bits per heavy atom. The normalized spacial score (nSPS) is 24.2. The number of nitrogens with one attached hydrogen (secondary N) is 2. The Morgan fingerprint density at radius 3 is 3.00 bits per heavy atom. The highest BCUT2D eigenvalue weighted by molar-refractivity contribution is 5.86. The van der Waals surface area contributed by atoms with Crippen molar-refractivity contribution in [3.8, 4) is 0 Å². The molecule has 0 aromatic carbocycles. The van der Waals surface area contributed by atoms with Crippen molar-refractivity contribution in [3.63, 3.8) is 0 Å². The summed E-state index contributed by atoms with van der Waals surface area (Å²) in [5, 5.41) is 12.2. The molecule has 7 nitrogen and oxygen atoms in total. The lowest BCUT2D eigenvalue weighted by molar-refractivity contribution is -0.0192. The third-order valence-corrected chi connectivity index (χ3v) is 4.77. The van der Waals surface area contributed by atoms with E-state index in [2.05, 4.69) is 25.7 Å². The molecular formula is C15H22N6O. The van der Waals surface area contributed by atoms with Crippen LogP contribution in [0.3, 0.4) is 0 Å². The van der Waals surface area contributed by atoms with Gasteiger partial charge in [0.15, 0.2) is 5.65 Å². The number of hydrogen-bond donors (Lipinski definition) is 2. The third-order valence-electron chi connectivity index (χ3n) is 4.77. The monoisotopic (exact) mass is 302 g/mol. The first kappa shape index (κ1) is 13.9. The summed E-state index contributed by atoms with van der Waals surface area (Å²) in [5.41, 5.74) is 0.921. The zero-order chi connectivity index (χ0) is 15.2. The molecule has 2 aliphatic rings. The lowest BCUT2D eigenvalue weighted by Gasteiger charge is -2.32. The molecule has 0 radical (unpaired) electrons. The molecule has 0 saturated carbocycles. The fourth-order valence-electron chi connectivity index (χ4n) is 3.60. The van der Waals surface area contributed by atoms with Gasteiger partial charge in [-0.05, 0) is 39.3 Å². The van der Waals surface area contributed by atoms with Gasteiger partial charge in [-0.2, -0.15) is 5.10 Å². The summed E-state index contributed by atoms with van der Waals surface area (Å²) in [4.78, 5) is 9.03. The predicted molar refractivity (Wildman–Crippen MR) is 83.9 cm³/mol. The molecule has 1 atom stereocenters. The van der Waals surface area contributed by atoms with Crippen molar-refractivity contribution < 1.29 is 4.74 Å². The summed E-state index contributed by atoms with van der Waals surface area (Å²) < 4.78 is 7.93. The summed E-state index contributed by atoms with van der Waals surface area (Å²) in [6, 6.07) is 0.302. The average molecular weight is 302 g/mol. The third kappa shape index (κ3) is 2.34. The van der Waals surface area contributed by atoms with Crippen molar-refractivity contribution >= 4 is 16.9 Å². The van der Waals surface area contributed by atoms with Crippen LogP contribution in [0.25, 0.3) is 11.0 Å². The van der Waals surface area contributed by atoms with Gasteiger partial charge in [0.05, 0.1) is 29.8 Å². The Bertz CT molecular complexity index is 691. The molecule has 118 valence electrons. The number of anilines is 1. The number of nitrogens with zero attached hydrogens (tertiary/aromatic N) is 4. The Kier molecular flexibility index (Phi) is 3.27. The lowest BCUT2D eigenvalue weighted by Crippen LogP contribution is -2.41. The molecule has 0 bridgehead atoms. The number of aromatic nitrogens is 4. The molecule has 2 aromatic rings. The van der Waals surface area contributed by atoms with Crippen LogP contribution in [0.4, 0.5) is 5.82 Å². The van der Waals surface area contributed by atoms with Crippen molar-refractivity contribution in [2.45, 2.75) is 37.8 Å². The molecule has 1 spiro atoms. The Labute approximate surface area is 129 Å². The molecule has 2 aromatic heterocycles. The van der Waals surface area contributed by atoms with Crippen LogP contribution in [-0.4, -0.2) is 51.1 Å². The Morgan fingerprint density at radius 2 is 2.18 bits per heavy atom. The standard InChI is InChI=1S/C15H22N6O/c1-10-18-13(12-8-17-21(2)14(12)19-10)20-11-7-15(22-9-11)3-5-16-6-4-15/h8,11,16H,3-7,9H2,1-2H3,(H,18,19,20)/t11-/m1/s1. The van der Waals surface area contributed by atoms with Gasteiger partial charge in [0.1, 0.15) is 11.6 Å². The minimum Gasteiger partial charge on any atom is -0.373 e. The summed E-state index contributed by atoms with van der Waals surface area (Å²) in [5.74, 6) is 1.63. The van der Waals surface area contributed by atoms with E-state index in [1.165, 1.54) is 0 Å².